The first-order valence-electron chi connectivity index (χ1n) is 10.5. The molecule has 0 saturated heterocycles. The molecule has 3 amide bonds. The van der Waals surface area contributed by atoms with Crippen molar-refractivity contribution in [2.75, 3.05) is 17.8 Å². The molecule has 11 heteroatoms. The summed E-state index contributed by atoms with van der Waals surface area (Å²) < 4.78 is 0. The number of rotatable bonds is 15. The summed E-state index contributed by atoms with van der Waals surface area (Å²) in [4.78, 5) is 49.4. The molecule has 6 unspecified atom stereocenters. The number of nitrogens with two attached hydrogens (primary N) is 1. The van der Waals surface area contributed by atoms with Crippen molar-refractivity contribution in [3.63, 3.8) is 0 Å². The second-order valence-corrected chi connectivity index (χ2v) is 9.06. The molecule has 0 aliphatic carbocycles. The topological polar surface area (TPSA) is 151 Å². The van der Waals surface area contributed by atoms with E-state index in [9.17, 15) is 24.3 Å². The molecule has 0 aromatic rings. The van der Waals surface area contributed by atoms with E-state index in [2.05, 4.69) is 28.6 Å². The third-order valence-electron chi connectivity index (χ3n) is 5.40. The van der Waals surface area contributed by atoms with E-state index in [1.807, 2.05) is 27.0 Å². The van der Waals surface area contributed by atoms with Crippen LogP contribution in [-0.2, 0) is 19.2 Å². The summed E-state index contributed by atoms with van der Waals surface area (Å²) in [5, 5.41) is 17.2. The van der Waals surface area contributed by atoms with E-state index in [1.165, 1.54) is 11.8 Å². The molecule has 0 aromatic carbocycles. The van der Waals surface area contributed by atoms with Crippen LogP contribution in [0.1, 0.15) is 47.0 Å². The van der Waals surface area contributed by atoms with E-state index >= 15 is 0 Å². The number of carbonyl (C=O) groups excluding carboxylic acids is 3. The summed E-state index contributed by atoms with van der Waals surface area (Å²) in [6, 6.07) is -3.73. The Kier molecular flexibility index (Phi) is 14.6. The highest BCUT2D eigenvalue weighted by atomic mass is 32.2. The first-order valence-corrected chi connectivity index (χ1v) is 12.6. The lowest BCUT2D eigenvalue weighted by Gasteiger charge is -2.26. The molecule has 31 heavy (non-hydrogen) atoms. The Morgan fingerprint density at radius 3 is 1.90 bits per heavy atom. The predicted molar refractivity (Wildman–Crippen MR) is 127 cm³/mol. The van der Waals surface area contributed by atoms with Crippen LogP contribution in [0.25, 0.3) is 0 Å². The zero-order valence-electron chi connectivity index (χ0n) is 19.0. The molecule has 0 aliphatic heterocycles. The molecule has 0 rings (SSSR count). The van der Waals surface area contributed by atoms with Gasteiger partial charge in [-0.25, -0.2) is 4.79 Å². The monoisotopic (exact) mass is 478 g/mol. The second-order valence-electron chi connectivity index (χ2n) is 7.71. The molecule has 0 radical (unpaired) electrons. The van der Waals surface area contributed by atoms with E-state index in [1.54, 1.807) is 6.92 Å². The summed E-state index contributed by atoms with van der Waals surface area (Å²) in [6.07, 6.45) is 3.46. The third-order valence-corrected chi connectivity index (χ3v) is 6.40. The van der Waals surface area contributed by atoms with Crippen LogP contribution in [-0.4, -0.2) is 70.7 Å². The second kappa shape index (κ2) is 15.4. The van der Waals surface area contributed by atoms with Gasteiger partial charge in [-0.05, 0) is 30.3 Å². The van der Waals surface area contributed by atoms with Crippen LogP contribution in [0, 0.1) is 11.8 Å². The number of carbonyl (C=O) groups is 4. The highest BCUT2D eigenvalue weighted by Gasteiger charge is 2.31. The van der Waals surface area contributed by atoms with Gasteiger partial charge < -0.3 is 26.8 Å². The minimum Gasteiger partial charge on any atom is -0.480 e. The van der Waals surface area contributed by atoms with Gasteiger partial charge in [0.25, 0.3) is 0 Å². The van der Waals surface area contributed by atoms with Crippen molar-refractivity contribution in [2.24, 2.45) is 17.6 Å². The zero-order valence-corrected chi connectivity index (χ0v) is 20.7. The van der Waals surface area contributed by atoms with Gasteiger partial charge >= 0.3 is 5.97 Å². The number of amides is 3. The number of carboxylic acid groups (broad SMARTS) is 1. The van der Waals surface area contributed by atoms with E-state index in [-0.39, 0.29) is 17.6 Å². The van der Waals surface area contributed by atoms with Crippen LogP contribution in [0.15, 0.2) is 0 Å². The largest absolute Gasteiger partial charge is 0.480 e. The van der Waals surface area contributed by atoms with Gasteiger partial charge in [0.15, 0.2) is 0 Å². The Morgan fingerprint density at radius 1 is 0.935 bits per heavy atom. The van der Waals surface area contributed by atoms with Crippen LogP contribution in [0.3, 0.4) is 0 Å². The summed E-state index contributed by atoms with van der Waals surface area (Å²) in [5.41, 5.74) is 5.92. The van der Waals surface area contributed by atoms with E-state index < -0.39 is 47.9 Å². The Bertz CT molecular complexity index is 608. The maximum absolute atomic E-state index is 12.8. The van der Waals surface area contributed by atoms with Crippen molar-refractivity contribution in [2.45, 2.75) is 71.1 Å². The summed E-state index contributed by atoms with van der Waals surface area (Å²) in [6.45, 7) is 7.34. The Balaban J connectivity index is 5.29. The maximum Gasteiger partial charge on any atom is 0.326 e. The standard InChI is InChI=1S/C20H38N4O5S2/c1-6-11(3)15(21)19(27)23-14(10-30)18(26)22-13(8-9-31-5)17(25)24-16(20(28)29)12(4)7-2/h11-16,30H,6-10,21H2,1-5H3,(H,22,26)(H,23,27)(H,24,25)(H,28,29). The average Bonchev–Trinajstić information content (AvgIpc) is 2.75. The van der Waals surface area contributed by atoms with Crippen LogP contribution in [0.5, 0.6) is 0 Å². The molecular formula is C20H38N4O5S2. The lowest BCUT2D eigenvalue weighted by Crippen LogP contribution is -2.58. The molecule has 0 fully saturated rings. The number of thiol groups is 1. The van der Waals surface area contributed by atoms with Crippen LogP contribution >= 0.6 is 24.4 Å². The number of hydrogen-bond acceptors (Lipinski definition) is 7. The minimum absolute atomic E-state index is 0.0201. The number of aliphatic carboxylic acids is 1. The lowest BCUT2D eigenvalue weighted by molar-refractivity contribution is -0.143. The third kappa shape index (κ3) is 10.1. The molecule has 6 atom stereocenters. The van der Waals surface area contributed by atoms with Gasteiger partial charge in [-0.3, -0.25) is 14.4 Å². The molecule has 0 aliphatic rings. The molecule has 6 N–H and O–H groups in total. The van der Waals surface area contributed by atoms with Gasteiger partial charge in [0.1, 0.15) is 18.1 Å². The van der Waals surface area contributed by atoms with Gasteiger partial charge in [-0.15, -0.1) is 0 Å². The number of carboxylic acids is 1. The number of thioether (sulfide) groups is 1. The molecule has 0 heterocycles. The molecule has 0 aromatic heterocycles. The minimum atomic E-state index is -1.13. The maximum atomic E-state index is 12.8. The molecule has 180 valence electrons. The van der Waals surface area contributed by atoms with Crippen molar-refractivity contribution >= 4 is 48.1 Å². The number of nitrogens with one attached hydrogen (secondary N) is 3. The smallest absolute Gasteiger partial charge is 0.326 e. The SMILES string of the molecule is CCC(C)C(N)C(=O)NC(CS)C(=O)NC(CCSC)C(=O)NC(C(=O)O)C(C)CC. The van der Waals surface area contributed by atoms with Crippen molar-refractivity contribution in [3.8, 4) is 0 Å². The first-order chi connectivity index (χ1) is 14.5. The van der Waals surface area contributed by atoms with Crippen LogP contribution in [0.4, 0.5) is 0 Å². The molecule has 0 bridgehead atoms. The van der Waals surface area contributed by atoms with Crippen molar-refractivity contribution in [1.29, 1.82) is 0 Å². The van der Waals surface area contributed by atoms with Gasteiger partial charge in [0, 0.05) is 5.75 Å². The normalized spacial score (nSPS) is 16.9. The van der Waals surface area contributed by atoms with Crippen molar-refractivity contribution in [3.05, 3.63) is 0 Å². The van der Waals surface area contributed by atoms with Crippen LogP contribution in [0.2, 0.25) is 0 Å². The first kappa shape index (κ1) is 29.5. The fourth-order valence-electron chi connectivity index (χ4n) is 2.69. The highest BCUT2D eigenvalue weighted by molar-refractivity contribution is 7.98. The summed E-state index contributed by atoms with van der Waals surface area (Å²) >= 11 is 5.64. The summed E-state index contributed by atoms with van der Waals surface area (Å²) in [7, 11) is 0. The van der Waals surface area contributed by atoms with Crippen molar-refractivity contribution < 1.29 is 24.3 Å². The Morgan fingerprint density at radius 2 is 1.45 bits per heavy atom. The van der Waals surface area contributed by atoms with E-state index in [0.717, 1.165) is 0 Å². The van der Waals surface area contributed by atoms with E-state index in [0.29, 0.717) is 25.0 Å². The predicted octanol–water partition coefficient (Wildman–Crippen LogP) is 0.628. The highest BCUT2D eigenvalue weighted by Crippen LogP contribution is 2.10. The Labute approximate surface area is 194 Å². The van der Waals surface area contributed by atoms with E-state index in [4.69, 9.17) is 5.73 Å². The molecule has 9 nitrogen and oxygen atoms in total. The van der Waals surface area contributed by atoms with Crippen molar-refractivity contribution in [1.82, 2.24) is 16.0 Å². The fraction of sp³-hybridized carbons (Fsp3) is 0.800. The Hall–Kier alpha value is -1.46. The molecule has 0 spiro atoms. The fourth-order valence-corrected chi connectivity index (χ4v) is 3.42. The lowest BCUT2D eigenvalue weighted by atomic mass is 9.98. The van der Waals surface area contributed by atoms with Crippen LogP contribution < -0.4 is 21.7 Å². The summed E-state index contributed by atoms with van der Waals surface area (Å²) in [5.74, 6) is -2.47. The zero-order chi connectivity index (χ0) is 24.1. The van der Waals surface area contributed by atoms with Gasteiger partial charge in [0.05, 0.1) is 6.04 Å². The number of hydrogen-bond donors (Lipinski definition) is 6. The van der Waals surface area contributed by atoms with Gasteiger partial charge in [-0.1, -0.05) is 40.5 Å². The molecule has 0 saturated carbocycles. The average molecular weight is 479 g/mol. The van der Waals surface area contributed by atoms with Gasteiger partial charge in [0.2, 0.25) is 17.7 Å². The molecular weight excluding hydrogens is 440 g/mol. The quantitative estimate of drug-likeness (QED) is 0.189. The van der Waals surface area contributed by atoms with Gasteiger partial charge in [-0.2, -0.15) is 24.4 Å².